The van der Waals surface area contributed by atoms with E-state index < -0.39 is 0 Å². The van der Waals surface area contributed by atoms with Crippen molar-refractivity contribution < 1.29 is 9.59 Å². The topological polar surface area (TPSA) is 74.3 Å². The lowest BCUT2D eigenvalue weighted by molar-refractivity contribution is 0.0738. The molecule has 2 N–H and O–H groups in total. The van der Waals surface area contributed by atoms with Gasteiger partial charge >= 0.3 is 6.03 Å². The lowest BCUT2D eigenvalue weighted by atomic mass is 10.00. The predicted octanol–water partition coefficient (Wildman–Crippen LogP) is 4.60. The summed E-state index contributed by atoms with van der Waals surface area (Å²) in [4.78, 5) is 32.1. The van der Waals surface area contributed by atoms with E-state index in [1.807, 2.05) is 48.2 Å². The van der Waals surface area contributed by atoms with Crippen molar-refractivity contribution in [3.05, 3.63) is 75.8 Å². The lowest BCUT2D eigenvalue weighted by Crippen LogP contribution is -2.35. The van der Waals surface area contributed by atoms with Crippen molar-refractivity contribution in [3.63, 3.8) is 0 Å². The Bertz CT molecular complexity index is 1080. The Kier molecular flexibility index (Phi) is 5.31. The smallest absolute Gasteiger partial charge is 0.325 e. The Morgan fingerprint density at radius 2 is 1.83 bits per heavy atom. The fourth-order valence-electron chi connectivity index (χ4n) is 3.44. The molecule has 4 rings (SSSR count). The van der Waals surface area contributed by atoms with Gasteiger partial charge in [-0.15, -0.1) is 0 Å². The first-order valence-corrected chi connectivity index (χ1v) is 10.3. The van der Waals surface area contributed by atoms with Gasteiger partial charge in [0.15, 0.2) is 5.13 Å². The Hall–Kier alpha value is -3.19. The van der Waals surface area contributed by atoms with Gasteiger partial charge in [0.2, 0.25) is 0 Å². The molecule has 148 valence electrons. The molecule has 2 aromatic carbocycles. The summed E-state index contributed by atoms with van der Waals surface area (Å²) >= 11 is 1.21. The van der Waals surface area contributed by atoms with Gasteiger partial charge in [0.1, 0.15) is 4.88 Å². The summed E-state index contributed by atoms with van der Waals surface area (Å²) in [5, 5.41) is 5.93. The number of fused-ring (bicyclic) bond motifs is 1. The summed E-state index contributed by atoms with van der Waals surface area (Å²) in [7, 11) is 0. The molecule has 3 amide bonds. The molecule has 0 atom stereocenters. The molecule has 6 nitrogen and oxygen atoms in total. The zero-order valence-corrected chi connectivity index (χ0v) is 17.2. The first-order valence-electron chi connectivity index (χ1n) is 9.48. The van der Waals surface area contributed by atoms with Crippen LogP contribution in [0.3, 0.4) is 0 Å². The average Bonchev–Trinajstić information content (AvgIpc) is 3.06. The van der Waals surface area contributed by atoms with E-state index in [2.05, 4.69) is 27.8 Å². The van der Waals surface area contributed by atoms with Crippen LogP contribution in [0.2, 0.25) is 0 Å². The van der Waals surface area contributed by atoms with Gasteiger partial charge in [0.25, 0.3) is 5.91 Å². The standard InChI is InChI=1S/C22H22N4O2S/c1-14-6-5-9-18(12-14)24-21(28)25-22-23-15(2)19(29-22)20(27)26-11-10-16-7-3-4-8-17(16)13-26/h3-9,12H,10-11,13H2,1-2H3,(H2,23,24,25,28). The highest BCUT2D eigenvalue weighted by molar-refractivity contribution is 7.17. The highest BCUT2D eigenvalue weighted by Gasteiger charge is 2.25. The molecule has 7 heteroatoms. The monoisotopic (exact) mass is 406 g/mol. The Labute approximate surface area is 173 Å². The van der Waals surface area contributed by atoms with Gasteiger partial charge in [-0.05, 0) is 49.1 Å². The summed E-state index contributed by atoms with van der Waals surface area (Å²) in [6.07, 6.45) is 0.851. The second-order valence-corrected chi connectivity index (χ2v) is 8.13. The molecule has 29 heavy (non-hydrogen) atoms. The molecule has 1 aromatic heterocycles. The number of aromatic nitrogens is 1. The van der Waals surface area contributed by atoms with Crippen LogP contribution in [-0.2, 0) is 13.0 Å². The van der Waals surface area contributed by atoms with Crippen LogP contribution in [0.4, 0.5) is 15.6 Å². The fraction of sp³-hybridized carbons (Fsp3) is 0.227. The van der Waals surface area contributed by atoms with E-state index in [4.69, 9.17) is 0 Å². The van der Waals surface area contributed by atoms with Crippen LogP contribution in [0.5, 0.6) is 0 Å². The summed E-state index contributed by atoms with van der Waals surface area (Å²) in [6, 6.07) is 15.4. The highest BCUT2D eigenvalue weighted by atomic mass is 32.1. The summed E-state index contributed by atoms with van der Waals surface area (Å²) in [5.74, 6) is -0.0401. The molecule has 0 bridgehead atoms. The zero-order chi connectivity index (χ0) is 20.4. The number of urea groups is 1. The van der Waals surface area contributed by atoms with Gasteiger partial charge in [-0.1, -0.05) is 47.7 Å². The molecule has 0 spiro atoms. The first kappa shape index (κ1) is 19.1. The van der Waals surface area contributed by atoms with Crippen molar-refractivity contribution in [2.24, 2.45) is 0 Å². The third-order valence-corrected chi connectivity index (χ3v) is 5.97. The van der Waals surface area contributed by atoms with E-state index in [0.717, 1.165) is 12.0 Å². The number of carbonyl (C=O) groups excluding carboxylic acids is 2. The minimum Gasteiger partial charge on any atom is -0.333 e. The van der Waals surface area contributed by atoms with Gasteiger partial charge < -0.3 is 10.2 Å². The predicted molar refractivity (Wildman–Crippen MR) is 116 cm³/mol. The third-order valence-electron chi connectivity index (χ3n) is 4.91. The van der Waals surface area contributed by atoms with E-state index in [1.54, 1.807) is 6.92 Å². The highest BCUT2D eigenvalue weighted by Crippen LogP contribution is 2.27. The van der Waals surface area contributed by atoms with Crippen molar-refractivity contribution in [2.45, 2.75) is 26.8 Å². The Balaban J connectivity index is 1.44. The summed E-state index contributed by atoms with van der Waals surface area (Å²) in [6.45, 7) is 5.04. The molecule has 2 heterocycles. The largest absolute Gasteiger partial charge is 0.333 e. The average molecular weight is 407 g/mol. The van der Waals surface area contributed by atoms with Crippen LogP contribution >= 0.6 is 11.3 Å². The molecule has 0 saturated heterocycles. The van der Waals surface area contributed by atoms with Crippen LogP contribution < -0.4 is 10.6 Å². The molecule has 3 aromatic rings. The minimum absolute atomic E-state index is 0.0401. The molecular formula is C22H22N4O2S. The van der Waals surface area contributed by atoms with Crippen LogP contribution in [-0.4, -0.2) is 28.4 Å². The van der Waals surface area contributed by atoms with Crippen LogP contribution in [0, 0.1) is 13.8 Å². The van der Waals surface area contributed by atoms with Gasteiger partial charge in [0.05, 0.1) is 5.69 Å². The van der Waals surface area contributed by atoms with Crippen LogP contribution in [0.25, 0.3) is 0 Å². The molecule has 1 aliphatic rings. The number of aryl methyl sites for hydroxylation is 2. The number of hydrogen-bond acceptors (Lipinski definition) is 4. The number of hydrogen-bond donors (Lipinski definition) is 2. The second-order valence-electron chi connectivity index (χ2n) is 7.13. The maximum Gasteiger partial charge on any atom is 0.325 e. The maximum absolute atomic E-state index is 13.0. The van der Waals surface area contributed by atoms with Crippen molar-refractivity contribution in [1.29, 1.82) is 0 Å². The Morgan fingerprint density at radius 1 is 1.03 bits per heavy atom. The number of carbonyl (C=O) groups is 2. The normalized spacial score (nSPS) is 13.0. The number of thiazole rings is 1. The van der Waals surface area contributed by atoms with Gasteiger partial charge in [0, 0.05) is 18.8 Å². The van der Waals surface area contributed by atoms with Gasteiger partial charge in [-0.2, -0.15) is 0 Å². The fourth-order valence-corrected chi connectivity index (χ4v) is 4.37. The number of anilines is 2. The van der Waals surface area contributed by atoms with Crippen molar-refractivity contribution in [1.82, 2.24) is 9.88 Å². The number of rotatable bonds is 3. The lowest BCUT2D eigenvalue weighted by Gasteiger charge is -2.28. The zero-order valence-electron chi connectivity index (χ0n) is 16.4. The first-order chi connectivity index (χ1) is 14.0. The van der Waals surface area contributed by atoms with Crippen molar-refractivity contribution >= 4 is 34.1 Å². The minimum atomic E-state index is -0.379. The van der Waals surface area contributed by atoms with E-state index >= 15 is 0 Å². The number of nitrogens with zero attached hydrogens (tertiary/aromatic N) is 2. The van der Waals surface area contributed by atoms with Crippen molar-refractivity contribution in [3.8, 4) is 0 Å². The quantitative estimate of drug-likeness (QED) is 0.667. The van der Waals surface area contributed by atoms with E-state index in [0.29, 0.717) is 34.5 Å². The third kappa shape index (κ3) is 4.30. The molecule has 0 fully saturated rings. The van der Waals surface area contributed by atoms with Crippen LogP contribution in [0.15, 0.2) is 48.5 Å². The van der Waals surface area contributed by atoms with Crippen LogP contribution in [0.1, 0.15) is 32.1 Å². The summed E-state index contributed by atoms with van der Waals surface area (Å²) in [5.41, 5.74) is 4.88. The van der Waals surface area contributed by atoms with Crippen molar-refractivity contribution in [2.75, 3.05) is 17.2 Å². The second kappa shape index (κ2) is 8.05. The molecule has 0 radical (unpaired) electrons. The molecular weight excluding hydrogens is 384 g/mol. The van der Waals surface area contributed by atoms with Gasteiger partial charge in [-0.3, -0.25) is 10.1 Å². The maximum atomic E-state index is 13.0. The summed E-state index contributed by atoms with van der Waals surface area (Å²) < 4.78 is 0. The SMILES string of the molecule is Cc1cccc(NC(=O)Nc2nc(C)c(C(=O)N3CCc4ccccc4C3)s2)c1. The molecule has 1 aliphatic heterocycles. The Morgan fingerprint density at radius 3 is 2.62 bits per heavy atom. The number of benzene rings is 2. The number of amides is 3. The van der Waals surface area contributed by atoms with Gasteiger partial charge in [-0.25, -0.2) is 9.78 Å². The molecule has 0 saturated carbocycles. The van der Waals surface area contributed by atoms with E-state index in [-0.39, 0.29) is 11.9 Å². The van der Waals surface area contributed by atoms with E-state index in [1.165, 1.54) is 22.5 Å². The van der Waals surface area contributed by atoms with E-state index in [9.17, 15) is 9.59 Å². The molecule has 0 aliphatic carbocycles. The number of nitrogens with one attached hydrogen (secondary N) is 2. The molecule has 0 unspecified atom stereocenters.